The van der Waals surface area contributed by atoms with E-state index in [1.54, 1.807) is 0 Å². The van der Waals surface area contributed by atoms with E-state index >= 15 is 0 Å². The van der Waals surface area contributed by atoms with Crippen molar-refractivity contribution in [1.29, 1.82) is 0 Å². The smallest absolute Gasteiger partial charge is 0.200 e. The molecule has 0 radical (unpaired) electrons. The summed E-state index contributed by atoms with van der Waals surface area (Å²) in [6.45, 7) is 3.84. The molecule has 0 spiro atoms. The topological polar surface area (TPSA) is 74.2 Å². The minimum Gasteiger partial charge on any atom is -0.502 e. The number of hydrogen-bond acceptors (Lipinski definition) is 6. The van der Waals surface area contributed by atoms with Crippen LogP contribution < -0.4 is 14.8 Å². The zero-order valence-electron chi connectivity index (χ0n) is 12.6. The molecule has 0 amide bonds. The third-order valence-corrected chi connectivity index (χ3v) is 3.88. The number of aromatic hydroxyl groups is 1. The minimum atomic E-state index is 0.00630. The van der Waals surface area contributed by atoms with E-state index in [2.05, 4.69) is 10.2 Å². The summed E-state index contributed by atoms with van der Waals surface area (Å²) in [7, 11) is 3.04. The summed E-state index contributed by atoms with van der Waals surface area (Å²) in [5.41, 5.74) is 0.984. The fraction of sp³-hybridized carbons (Fsp3) is 0.600. The highest BCUT2D eigenvalue weighted by Crippen LogP contribution is 2.40. The highest BCUT2D eigenvalue weighted by Gasteiger charge is 2.24. The van der Waals surface area contributed by atoms with Crippen LogP contribution in [0.5, 0.6) is 17.2 Å². The zero-order chi connectivity index (χ0) is 15.2. The lowest BCUT2D eigenvalue weighted by Gasteiger charge is -2.35. The van der Waals surface area contributed by atoms with E-state index in [9.17, 15) is 10.2 Å². The number of aliphatic hydroxyl groups excluding tert-OH is 1. The Balaban J connectivity index is 2.34. The van der Waals surface area contributed by atoms with Gasteiger partial charge in [0.25, 0.3) is 0 Å². The van der Waals surface area contributed by atoms with E-state index < -0.39 is 0 Å². The molecule has 0 unspecified atom stereocenters. The van der Waals surface area contributed by atoms with Gasteiger partial charge >= 0.3 is 0 Å². The standard InChI is InChI=1S/C15H24N2O4/c1-20-13-9-11(10-14(21-2)15(13)19)12(3-8-18)17-6-4-16-5-7-17/h9-10,12,16,18-19H,3-8H2,1-2H3/t12-/m0/s1. The summed E-state index contributed by atoms with van der Waals surface area (Å²) in [5.74, 6) is 0.789. The van der Waals surface area contributed by atoms with Gasteiger partial charge in [-0.05, 0) is 24.1 Å². The number of nitrogens with zero attached hydrogens (tertiary/aromatic N) is 1. The molecular weight excluding hydrogens is 272 g/mol. The van der Waals surface area contributed by atoms with Crippen LogP contribution in [0.4, 0.5) is 0 Å². The maximum atomic E-state index is 10.0. The third-order valence-electron chi connectivity index (χ3n) is 3.88. The van der Waals surface area contributed by atoms with E-state index in [1.165, 1.54) is 14.2 Å². The lowest BCUT2D eigenvalue weighted by Crippen LogP contribution is -2.45. The Labute approximate surface area is 125 Å². The van der Waals surface area contributed by atoms with Crippen LogP contribution in [-0.4, -0.2) is 62.1 Å². The molecule has 1 atom stereocenters. The molecule has 0 saturated carbocycles. The summed E-state index contributed by atoms with van der Waals surface area (Å²) in [4.78, 5) is 2.33. The van der Waals surface area contributed by atoms with E-state index in [0.29, 0.717) is 17.9 Å². The Morgan fingerprint density at radius 3 is 2.24 bits per heavy atom. The maximum absolute atomic E-state index is 10.0. The predicted octanol–water partition coefficient (Wildman–Crippen LogP) is 0.738. The second-order valence-electron chi connectivity index (χ2n) is 5.09. The maximum Gasteiger partial charge on any atom is 0.200 e. The second-order valence-corrected chi connectivity index (χ2v) is 5.09. The average Bonchev–Trinajstić information content (AvgIpc) is 2.54. The molecule has 3 N–H and O–H groups in total. The number of ether oxygens (including phenoxy) is 2. The molecule has 118 valence electrons. The van der Waals surface area contributed by atoms with E-state index in [0.717, 1.165) is 31.7 Å². The fourth-order valence-corrected chi connectivity index (χ4v) is 2.78. The normalized spacial score (nSPS) is 17.5. The van der Waals surface area contributed by atoms with Crippen molar-refractivity contribution >= 4 is 0 Å². The van der Waals surface area contributed by atoms with Gasteiger partial charge in [-0.2, -0.15) is 0 Å². The summed E-state index contributed by atoms with van der Waals surface area (Å²) >= 11 is 0. The largest absolute Gasteiger partial charge is 0.502 e. The molecule has 1 heterocycles. The van der Waals surface area contributed by atoms with Gasteiger partial charge < -0.3 is 25.0 Å². The molecule has 1 aliphatic rings. The van der Waals surface area contributed by atoms with Crippen molar-refractivity contribution in [3.05, 3.63) is 17.7 Å². The first-order valence-corrected chi connectivity index (χ1v) is 7.21. The van der Waals surface area contributed by atoms with Crippen LogP contribution in [0, 0.1) is 0 Å². The number of rotatable bonds is 6. The number of methoxy groups -OCH3 is 2. The number of phenols is 1. The number of hydrogen-bond donors (Lipinski definition) is 3. The lowest BCUT2D eigenvalue weighted by molar-refractivity contribution is 0.140. The number of benzene rings is 1. The monoisotopic (exact) mass is 296 g/mol. The van der Waals surface area contributed by atoms with E-state index in [4.69, 9.17) is 9.47 Å². The van der Waals surface area contributed by atoms with Gasteiger partial charge in [0.15, 0.2) is 11.5 Å². The van der Waals surface area contributed by atoms with Gasteiger partial charge in [-0.15, -0.1) is 0 Å². The molecule has 0 aliphatic carbocycles. The average molecular weight is 296 g/mol. The van der Waals surface area contributed by atoms with Crippen molar-refractivity contribution in [1.82, 2.24) is 10.2 Å². The van der Waals surface area contributed by atoms with Crippen LogP contribution in [0.2, 0.25) is 0 Å². The molecule has 1 aromatic carbocycles. The van der Waals surface area contributed by atoms with Gasteiger partial charge in [0.1, 0.15) is 0 Å². The lowest BCUT2D eigenvalue weighted by atomic mass is 10.00. The van der Waals surface area contributed by atoms with Crippen LogP contribution in [-0.2, 0) is 0 Å². The molecule has 21 heavy (non-hydrogen) atoms. The number of piperazine rings is 1. The van der Waals surface area contributed by atoms with Crippen molar-refractivity contribution in [2.45, 2.75) is 12.5 Å². The highest BCUT2D eigenvalue weighted by molar-refractivity contribution is 5.53. The third kappa shape index (κ3) is 3.58. The van der Waals surface area contributed by atoms with Crippen molar-refractivity contribution in [2.24, 2.45) is 0 Å². The molecule has 2 rings (SSSR count). The fourth-order valence-electron chi connectivity index (χ4n) is 2.78. The zero-order valence-corrected chi connectivity index (χ0v) is 12.6. The molecule has 1 fully saturated rings. The minimum absolute atomic E-state index is 0.00630. The molecular formula is C15H24N2O4. The summed E-state index contributed by atoms with van der Waals surface area (Å²) in [6, 6.07) is 3.72. The summed E-state index contributed by atoms with van der Waals surface area (Å²) in [5, 5.41) is 22.7. The Kier molecular flexibility index (Phi) is 5.67. The van der Waals surface area contributed by atoms with Crippen molar-refractivity contribution in [3.63, 3.8) is 0 Å². The Bertz CT molecular complexity index is 436. The first-order chi connectivity index (χ1) is 10.2. The van der Waals surface area contributed by atoms with Crippen molar-refractivity contribution < 1.29 is 19.7 Å². The first-order valence-electron chi connectivity index (χ1n) is 7.21. The molecule has 1 aromatic rings. The van der Waals surface area contributed by atoms with Crippen LogP contribution in [0.25, 0.3) is 0 Å². The Morgan fingerprint density at radius 1 is 1.19 bits per heavy atom. The summed E-state index contributed by atoms with van der Waals surface area (Å²) in [6.07, 6.45) is 0.636. The van der Waals surface area contributed by atoms with Gasteiger partial charge in [0, 0.05) is 38.8 Å². The van der Waals surface area contributed by atoms with Crippen LogP contribution in [0.3, 0.4) is 0 Å². The molecule has 6 nitrogen and oxygen atoms in total. The molecule has 0 bridgehead atoms. The number of aliphatic hydroxyl groups is 1. The van der Waals surface area contributed by atoms with Gasteiger partial charge in [-0.25, -0.2) is 0 Å². The highest BCUT2D eigenvalue weighted by atomic mass is 16.5. The number of nitrogens with one attached hydrogen (secondary N) is 1. The Hall–Kier alpha value is -1.50. The molecule has 6 heteroatoms. The summed E-state index contributed by atoms with van der Waals surface area (Å²) < 4.78 is 10.4. The SMILES string of the molecule is COc1cc([C@H](CCO)N2CCNCC2)cc(OC)c1O. The predicted molar refractivity (Wildman–Crippen MR) is 80.1 cm³/mol. The van der Waals surface area contributed by atoms with Crippen molar-refractivity contribution in [3.8, 4) is 17.2 Å². The molecule has 1 aliphatic heterocycles. The molecule has 0 aromatic heterocycles. The second kappa shape index (κ2) is 7.49. The van der Waals surface area contributed by atoms with Gasteiger partial charge in [0.05, 0.1) is 14.2 Å². The quantitative estimate of drug-likeness (QED) is 0.719. The Morgan fingerprint density at radius 2 is 1.76 bits per heavy atom. The van der Waals surface area contributed by atoms with Crippen LogP contribution >= 0.6 is 0 Å². The van der Waals surface area contributed by atoms with Gasteiger partial charge in [-0.1, -0.05) is 0 Å². The van der Waals surface area contributed by atoms with Gasteiger partial charge in [-0.3, -0.25) is 4.90 Å². The van der Waals surface area contributed by atoms with Crippen LogP contribution in [0.1, 0.15) is 18.0 Å². The first kappa shape index (κ1) is 15.9. The van der Waals surface area contributed by atoms with Crippen molar-refractivity contribution in [2.75, 3.05) is 47.0 Å². The number of phenolic OH excluding ortho intramolecular Hbond substituents is 1. The van der Waals surface area contributed by atoms with Gasteiger partial charge in [0.2, 0.25) is 5.75 Å². The van der Waals surface area contributed by atoms with E-state index in [1.807, 2.05) is 12.1 Å². The van der Waals surface area contributed by atoms with E-state index in [-0.39, 0.29) is 18.4 Å². The molecule has 1 saturated heterocycles. The van der Waals surface area contributed by atoms with Crippen LogP contribution in [0.15, 0.2) is 12.1 Å².